The lowest BCUT2D eigenvalue weighted by Crippen LogP contribution is -2.29. The number of nitrogen functional groups attached to an aromatic ring is 1. The lowest BCUT2D eigenvalue weighted by atomic mass is 9.87. The summed E-state index contributed by atoms with van der Waals surface area (Å²) < 4.78 is 12.9. The fourth-order valence-electron chi connectivity index (χ4n) is 2.04. The first-order valence-corrected chi connectivity index (χ1v) is 6.04. The summed E-state index contributed by atoms with van der Waals surface area (Å²) in [6.07, 6.45) is 3.07. The Kier molecular flexibility index (Phi) is 3.48. The molecular weight excluding hydrogens is 245 g/mol. The van der Waals surface area contributed by atoms with Gasteiger partial charge in [-0.1, -0.05) is 6.92 Å². The average Bonchev–Trinajstić information content (AvgIpc) is 2.41. The minimum atomic E-state index is -1.36. The van der Waals surface area contributed by atoms with Crippen molar-refractivity contribution in [3.8, 4) is 0 Å². The summed E-state index contributed by atoms with van der Waals surface area (Å²) in [7, 11) is 0. The number of aromatic nitrogens is 2. The molecule has 4 nitrogen and oxygen atoms in total. The van der Waals surface area contributed by atoms with Crippen LogP contribution in [0, 0.1) is 12.7 Å². The van der Waals surface area contributed by atoms with Crippen molar-refractivity contribution in [2.75, 3.05) is 5.73 Å². The maximum absolute atomic E-state index is 12.9. The number of anilines is 1. The summed E-state index contributed by atoms with van der Waals surface area (Å²) in [5.41, 5.74) is 6.22. The molecule has 3 N–H and O–H groups in total. The highest BCUT2D eigenvalue weighted by atomic mass is 19.1. The molecule has 0 fully saturated rings. The van der Waals surface area contributed by atoms with Crippen molar-refractivity contribution in [3.63, 3.8) is 0 Å². The molecule has 2 rings (SSSR count). The van der Waals surface area contributed by atoms with Crippen LogP contribution in [0.5, 0.6) is 0 Å². The van der Waals surface area contributed by atoms with Gasteiger partial charge < -0.3 is 10.8 Å². The van der Waals surface area contributed by atoms with Crippen LogP contribution in [0.25, 0.3) is 0 Å². The minimum Gasteiger partial charge on any atom is -0.383 e. The van der Waals surface area contributed by atoms with Crippen molar-refractivity contribution in [1.29, 1.82) is 0 Å². The molecule has 0 aromatic carbocycles. The quantitative estimate of drug-likeness (QED) is 0.888. The predicted molar refractivity (Wildman–Crippen MR) is 70.9 cm³/mol. The van der Waals surface area contributed by atoms with Crippen LogP contribution in [0.3, 0.4) is 0 Å². The topological polar surface area (TPSA) is 72.0 Å². The molecule has 2 aromatic rings. The number of nitrogens with two attached hydrogens (primary N) is 1. The number of hydrogen-bond donors (Lipinski definition) is 2. The smallest absolute Gasteiger partial charge is 0.141 e. The van der Waals surface area contributed by atoms with Crippen LogP contribution in [-0.4, -0.2) is 15.1 Å². The van der Waals surface area contributed by atoms with E-state index in [1.54, 1.807) is 12.3 Å². The zero-order valence-corrected chi connectivity index (χ0v) is 10.9. The summed E-state index contributed by atoms with van der Waals surface area (Å²) in [5, 5.41) is 10.9. The van der Waals surface area contributed by atoms with Crippen molar-refractivity contribution in [1.82, 2.24) is 9.97 Å². The molecule has 0 bridgehead atoms. The van der Waals surface area contributed by atoms with Crippen molar-refractivity contribution in [2.24, 2.45) is 0 Å². The normalized spacial score (nSPS) is 14.1. The van der Waals surface area contributed by atoms with E-state index in [-0.39, 0.29) is 5.82 Å². The van der Waals surface area contributed by atoms with Gasteiger partial charge in [0.05, 0.1) is 11.9 Å². The number of aliphatic hydroxyl groups is 1. The van der Waals surface area contributed by atoms with E-state index in [0.29, 0.717) is 17.7 Å². The van der Waals surface area contributed by atoms with E-state index in [0.717, 1.165) is 11.8 Å². The van der Waals surface area contributed by atoms with E-state index >= 15 is 0 Å². The Bertz CT molecular complexity index is 586. The lowest BCUT2D eigenvalue weighted by molar-refractivity contribution is 0.0722. The standard InChI is InChI=1S/C14H16FN3O/c1-3-14(19,12-5-4-10(15)8-17-12)11-6-9(2)7-18-13(11)16/h4-8,19H,3H2,1-2H3,(H2,16,18). The molecule has 0 aliphatic carbocycles. The second kappa shape index (κ2) is 4.93. The Balaban J connectivity index is 2.59. The number of pyridine rings is 2. The third-order valence-corrected chi connectivity index (χ3v) is 3.16. The van der Waals surface area contributed by atoms with Gasteiger partial charge in [-0.15, -0.1) is 0 Å². The molecule has 0 saturated heterocycles. The van der Waals surface area contributed by atoms with Crippen molar-refractivity contribution >= 4 is 5.82 Å². The van der Waals surface area contributed by atoms with Gasteiger partial charge in [0.25, 0.3) is 0 Å². The Morgan fingerprint density at radius 1 is 1.32 bits per heavy atom. The van der Waals surface area contributed by atoms with Crippen molar-refractivity contribution in [2.45, 2.75) is 25.9 Å². The first-order chi connectivity index (χ1) is 8.97. The van der Waals surface area contributed by atoms with Gasteiger partial charge in [0.2, 0.25) is 0 Å². The number of aryl methyl sites for hydroxylation is 1. The first kappa shape index (κ1) is 13.4. The van der Waals surface area contributed by atoms with Gasteiger partial charge in [0.15, 0.2) is 0 Å². The lowest BCUT2D eigenvalue weighted by Gasteiger charge is -2.27. The minimum absolute atomic E-state index is 0.251. The van der Waals surface area contributed by atoms with Crippen LogP contribution in [0.4, 0.5) is 10.2 Å². The van der Waals surface area contributed by atoms with Gasteiger partial charge in [-0.3, -0.25) is 4.98 Å². The third kappa shape index (κ3) is 2.42. The van der Waals surface area contributed by atoms with Gasteiger partial charge in [-0.2, -0.15) is 0 Å². The molecule has 0 radical (unpaired) electrons. The zero-order valence-electron chi connectivity index (χ0n) is 10.9. The van der Waals surface area contributed by atoms with E-state index in [9.17, 15) is 9.50 Å². The summed E-state index contributed by atoms with van der Waals surface area (Å²) in [6, 6.07) is 4.50. The van der Waals surface area contributed by atoms with Crippen molar-refractivity contribution < 1.29 is 9.50 Å². The van der Waals surface area contributed by atoms with Gasteiger partial charge in [-0.05, 0) is 37.1 Å². The first-order valence-electron chi connectivity index (χ1n) is 6.04. The maximum Gasteiger partial charge on any atom is 0.141 e. The molecule has 0 aliphatic heterocycles. The maximum atomic E-state index is 12.9. The second-order valence-electron chi connectivity index (χ2n) is 4.52. The van der Waals surface area contributed by atoms with Gasteiger partial charge in [0.1, 0.15) is 17.2 Å². The van der Waals surface area contributed by atoms with Crippen LogP contribution in [-0.2, 0) is 5.60 Å². The van der Waals surface area contributed by atoms with Crippen molar-refractivity contribution in [3.05, 3.63) is 53.2 Å². The zero-order chi connectivity index (χ0) is 14.0. The van der Waals surface area contributed by atoms with Crippen LogP contribution in [0.15, 0.2) is 30.6 Å². The highest BCUT2D eigenvalue weighted by molar-refractivity contribution is 5.48. The number of nitrogens with zero attached hydrogens (tertiary/aromatic N) is 2. The predicted octanol–water partition coefficient (Wildman–Crippen LogP) is 2.15. The monoisotopic (exact) mass is 261 g/mol. The Labute approximate surface area is 111 Å². The summed E-state index contributed by atoms with van der Waals surface area (Å²) in [6.45, 7) is 3.68. The molecule has 0 aliphatic rings. The van der Waals surface area contributed by atoms with E-state index in [1.165, 1.54) is 12.1 Å². The SMILES string of the molecule is CCC(O)(c1ccc(F)cn1)c1cc(C)cnc1N. The molecule has 19 heavy (non-hydrogen) atoms. The van der Waals surface area contributed by atoms with E-state index < -0.39 is 11.4 Å². The highest BCUT2D eigenvalue weighted by Crippen LogP contribution is 2.34. The molecule has 5 heteroatoms. The fraction of sp³-hybridized carbons (Fsp3) is 0.286. The van der Waals surface area contributed by atoms with E-state index in [2.05, 4.69) is 9.97 Å². The molecular formula is C14H16FN3O. The van der Waals surface area contributed by atoms with Gasteiger partial charge in [-0.25, -0.2) is 9.37 Å². The third-order valence-electron chi connectivity index (χ3n) is 3.16. The molecule has 2 heterocycles. The fourth-order valence-corrected chi connectivity index (χ4v) is 2.04. The van der Waals surface area contributed by atoms with E-state index in [4.69, 9.17) is 5.73 Å². The largest absolute Gasteiger partial charge is 0.383 e. The second-order valence-corrected chi connectivity index (χ2v) is 4.52. The Hall–Kier alpha value is -2.01. The average molecular weight is 261 g/mol. The Morgan fingerprint density at radius 2 is 2.05 bits per heavy atom. The van der Waals surface area contributed by atoms with Crippen LogP contribution in [0.2, 0.25) is 0 Å². The molecule has 0 saturated carbocycles. The van der Waals surface area contributed by atoms with Crippen LogP contribution in [0.1, 0.15) is 30.2 Å². The molecule has 2 aromatic heterocycles. The Morgan fingerprint density at radius 3 is 2.63 bits per heavy atom. The summed E-state index contributed by atoms with van der Waals surface area (Å²) >= 11 is 0. The van der Waals surface area contributed by atoms with Crippen LogP contribution < -0.4 is 5.73 Å². The van der Waals surface area contributed by atoms with Gasteiger partial charge >= 0.3 is 0 Å². The molecule has 1 unspecified atom stereocenters. The molecule has 1 atom stereocenters. The summed E-state index contributed by atoms with van der Waals surface area (Å²) in [4.78, 5) is 8.01. The highest BCUT2D eigenvalue weighted by Gasteiger charge is 2.33. The number of halogens is 1. The molecule has 0 spiro atoms. The van der Waals surface area contributed by atoms with E-state index in [1.807, 2.05) is 13.8 Å². The summed E-state index contributed by atoms with van der Waals surface area (Å²) in [5.74, 6) is -0.196. The molecule has 100 valence electrons. The van der Waals surface area contributed by atoms with Gasteiger partial charge in [0, 0.05) is 11.8 Å². The number of hydrogen-bond acceptors (Lipinski definition) is 4. The van der Waals surface area contributed by atoms with Crippen LogP contribution >= 0.6 is 0 Å². The molecule has 0 amide bonds. The number of rotatable bonds is 3.